The van der Waals surface area contributed by atoms with E-state index in [0.717, 1.165) is 16.8 Å². The Balaban J connectivity index is 1.51. The molecule has 0 unspecified atom stereocenters. The number of nitrogens with zero attached hydrogens (tertiary/aromatic N) is 2. The van der Waals surface area contributed by atoms with Crippen LogP contribution in [0.25, 0.3) is 11.1 Å². The summed E-state index contributed by atoms with van der Waals surface area (Å²) in [6.07, 6.45) is 0. The molecule has 6 nitrogen and oxygen atoms in total. The SMILES string of the molecule is C[C@@H](NC(=O)[C@H]1[C@H](CO)[C@H]2Cn3c(ccc(-c4ccccc4)c3=O)[C@@H]1N2C)c1ccccc1. The highest BCUT2D eigenvalue weighted by atomic mass is 16.3. The second-order valence-electron chi connectivity index (χ2n) is 9.14. The summed E-state index contributed by atoms with van der Waals surface area (Å²) >= 11 is 0. The molecule has 2 aromatic carbocycles. The predicted octanol–water partition coefficient (Wildman–Crippen LogP) is 2.99. The Kier molecular flexibility index (Phi) is 5.64. The molecule has 0 spiro atoms. The van der Waals surface area contributed by atoms with E-state index in [-0.39, 0.29) is 42.1 Å². The van der Waals surface area contributed by atoms with Gasteiger partial charge in [-0.15, -0.1) is 0 Å². The minimum Gasteiger partial charge on any atom is -0.396 e. The predicted molar refractivity (Wildman–Crippen MR) is 127 cm³/mol. The maximum absolute atomic E-state index is 13.5. The van der Waals surface area contributed by atoms with E-state index in [4.69, 9.17) is 0 Å². The van der Waals surface area contributed by atoms with E-state index in [1.54, 1.807) is 0 Å². The van der Waals surface area contributed by atoms with E-state index >= 15 is 0 Å². The number of rotatable bonds is 5. The molecule has 2 bridgehead atoms. The first kappa shape index (κ1) is 21.6. The number of aromatic nitrogens is 1. The van der Waals surface area contributed by atoms with Crippen molar-refractivity contribution in [3.05, 3.63) is 94.4 Å². The van der Waals surface area contributed by atoms with Crippen molar-refractivity contribution in [2.45, 2.75) is 31.6 Å². The van der Waals surface area contributed by atoms with Crippen molar-refractivity contribution in [3.63, 3.8) is 0 Å². The Labute approximate surface area is 193 Å². The van der Waals surface area contributed by atoms with Gasteiger partial charge in [-0.05, 0) is 37.2 Å². The van der Waals surface area contributed by atoms with Gasteiger partial charge < -0.3 is 15.0 Å². The number of pyridine rings is 1. The fourth-order valence-corrected chi connectivity index (χ4v) is 5.66. The number of amides is 1. The molecule has 0 radical (unpaired) electrons. The summed E-state index contributed by atoms with van der Waals surface area (Å²) in [4.78, 5) is 29.2. The van der Waals surface area contributed by atoms with Crippen LogP contribution in [0.15, 0.2) is 77.6 Å². The zero-order chi connectivity index (χ0) is 23.1. The quantitative estimate of drug-likeness (QED) is 0.636. The zero-order valence-corrected chi connectivity index (χ0v) is 18.9. The average molecular weight is 444 g/mol. The van der Waals surface area contributed by atoms with E-state index in [0.29, 0.717) is 12.1 Å². The number of benzene rings is 2. The van der Waals surface area contributed by atoms with Crippen LogP contribution < -0.4 is 10.9 Å². The highest BCUT2D eigenvalue weighted by Gasteiger charge is 2.54. The van der Waals surface area contributed by atoms with Crippen molar-refractivity contribution < 1.29 is 9.90 Å². The van der Waals surface area contributed by atoms with Gasteiger partial charge in [-0.3, -0.25) is 14.5 Å². The fourth-order valence-electron chi connectivity index (χ4n) is 5.66. The second kappa shape index (κ2) is 8.61. The topological polar surface area (TPSA) is 74.6 Å². The zero-order valence-electron chi connectivity index (χ0n) is 18.9. The van der Waals surface area contributed by atoms with Crippen molar-refractivity contribution in [2.75, 3.05) is 13.7 Å². The summed E-state index contributed by atoms with van der Waals surface area (Å²) < 4.78 is 1.81. The number of carbonyl (C=O) groups excluding carboxylic acids is 1. The second-order valence-corrected chi connectivity index (χ2v) is 9.14. The minimum absolute atomic E-state index is 0.0443. The summed E-state index contributed by atoms with van der Waals surface area (Å²) in [6.45, 7) is 2.33. The van der Waals surface area contributed by atoms with Gasteiger partial charge >= 0.3 is 0 Å². The number of nitrogens with one attached hydrogen (secondary N) is 1. The van der Waals surface area contributed by atoms with Gasteiger partial charge in [0.05, 0.1) is 18.0 Å². The summed E-state index contributed by atoms with van der Waals surface area (Å²) in [5.41, 5.74) is 3.36. The molecule has 5 rings (SSSR count). The van der Waals surface area contributed by atoms with Crippen LogP contribution in [0.1, 0.15) is 30.3 Å². The Morgan fingerprint density at radius 3 is 2.39 bits per heavy atom. The summed E-state index contributed by atoms with van der Waals surface area (Å²) in [5.74, 6) is -0.771. The Hall–Kier alpha value is -3.22. The maximum atomic E-state index is 13.5. The van der Waals surface area contributed by atoms with Crippen molar-refractivity contribution in [3.8, 4) is 11.1 Å². The van der Waals surface area contributed by atoms with Gasteiger partial charge in [-0.25, -0.2) is 0 Å². The first-order chi connectivity index (χ1) is 16.0. The number of fused-ring (bicyclic) bond motifs is 4. The lowest BCUT2D eigenvalue weighted by Gasteiger charge is -2.35. The Bertz CT molecular complexity index is 1210. The lowest BCUT2D eigenvalue weighted by Crippen LogP contribution is -2.44. The summed E-state index contributed by atoms with van der Waals surface area (Å²) in [7, 11) is 1.99. The van der Waals surface area contributed by atoms with Gasteiger partial charge in [0.1, 0.15) is 0 Å². The summed E-state index contributed by atoms with van der Waals surface area (Å²) in [5, 5.41) is 13.4. The molecule has 3 heterocycles. The monoisotopic (exact) mass is 443 g/mol. The van der Waals surface area contributed by atoms with Crippen LogP contribution >= 0.6 is 0 Å². The van der Waals surface area contributed by atoms with Gasteiger partial charge in [0.15, 0.2) is 0 Å². The molecular weight excluding hydrogens is 414 g/mol. The molecule has 0 aliphatic carbocycles. The number of likely N-dealkylation sites (N-methyl/N-ethyl adjacent to an activating group) is 1. The van der Waals surface area contributed by atoms with Crippen molar-refractivity contribution in [1.82, 2.24) is 14.8 Å². The molecule has 2 aliphatic rings. The first-order valence-electron chi connectivity index (χ1n) is 11.5. The standard InChI is InChI=1S/C27H29N3O3/c1-17(18-9-5-3-6-10-18)28-26(32)24-21(16-31)23-15-30-22(25(24)29(23)2)14-13-20(27(30)33)19-11-7-4-8-12-19/h3-14,17,21,23-25,31H,15-16H2,1-2H3,(H,28,32)/t17-,21-,23-,24+,25+/m1/s1. The fraction of sp³-hybridized carbons (Fsp3) is 0.333. The highest BCUT2D eigenvalue weighted by Crippen LogP contribution is 2.47. The third-order valence-electron chi connectivity index (χ3n) is 7.39. The van der Waals surface area contributed by atoms with Crippen molar-refractivity contribution >= 4 is 5.91 Å². The van der Waals surface area contributed by atoms with Crippen molar-refractivity contribution in [1.29, 1.82) is 0 Å². The molecule has 1 amide bonds. The molecule has 6 heteroatoms. The Morgan fingerprint density at radius 1 is 1.06 bits per heavy atom. The van der Waals surface area contributed by atoms with Gasteiger partial charge in [-0.1, -0.05) is 60.7 Å². The lowest BCUT2D eigenvalue weighted by atomic mass is 9.86. The number of aliphatic hydroxyl groups is 1. The minimum atomic E-state index is -0.438. The Morgan fingerprint density at radius 2 is 1.73 bits per heavy atom. The molecule has 2 aliphatic heterocycles. The van der Waals surface area contributed by atoms with Crippen LogP contribution in [0, 0.1) is 11.8 Å². The van der Waals surface area contributed by atoms with E-state index in [9.17, 15) is 14.7 Å². The molecule has 2 N–H and O–H groups in total. The molecular formula is C27H29N3O3. The lowest BCUT2D eigenvalue weighted by molar-refractivity contribution is -0.128. The smallest absolute Gasteiger partial charge is 0.258 e. The van der Waals surface area contributed by atoms with Crippen LogP contribution in [-0.4, -0.2) is 40.2 Å². The molecule has 170 valence electrons. The van der Waals surface area contributed by atoms with Crippen LogP contribution in [-0.2, 0) is 11.3 Å². The van der Waals surface area contributed by atoms with E-state index in [1.165, 1.54) is 0 Å². The normalized spacial score (nSPS) is 24.8. The molecule has 0 saturated carbocycles. The molecule has 1 aromatic heterocycles. The van der Waals surface area contributed by atoms with E-state index in [1.807, 2.05) is 91.3 Å². The van der Waals surface area contributed by atoms with Crippen molar-refractivity contribution in [2.24, 2.45) is 11.8 Å². The van der Waals surface area contributed by atoms with E-state index in [2.05, 4.69) is 10.2 Å². The van der Waals surface area contributed by atoms with Crippen LogP contribution in [0.3, 0.4) is 0 Å². The average Bonchev–Trinajstić information content (AvgIpc) is 3.02. The number of hydrogen-bond acceptors (Lipinski definition) is 4. The van der Waals surface area contributed by atoms with Crippen LogP contribution in [0.4, 0.5) is 0 Å². The van der Waals surface area contributed by atoms with E-state index < -0.39 is 5.92 Å². The molecule has 1 saturated heterocycles. The van der Waals surface area contributed by atoms with Crippen LogP contribution in [0.5, 0.6) is 0 Å². The molecule has 5 atom stereocenters. The van der Waals surface area contributed by atoms with Gasteiger partial charge in [-0.2, -0.15) is 0 Å². The molecule has 33 heavy (non-hydrogen) atoms. The summed E-state index contributed by atoms with van der Waals surface area (Å²) in [6, 6.07) is 22.8. The maximum Gasteiger partial charge on any atom is 0.258 e. The molecule has 3 aromatic rings. The number of aliphatic hydroxyl groups excluding tert-OH is 1. The number of hydrogen-bond donors (Lipinski definition) is 2. The van der Waals surface area contributed by atoms with Gasteiger partial charge in [0.2, 0.25) is 5.91 Å². The number of carbonyl (C=O) groups is 1. The third kappa shape index (κ3) is 3.59. The largest absolute Gasteiger partial charge is 0.396 e. The van der Waals surface area contributed by atoms with Crippen LogP contribution in [0.2, 0.25) is 0 Å². The van der Waals surface area contributed by atoms with Gasteiger partial charge in [0.25, 0.3) is 5.56 Å². The highest BCUT2D eigenvalue weighted by molar-refractivity contribution is 5.81. The molecule has 1 fully saturated rings. The first-order valence-corrected chi connectivity index (χ1v) is 11.5. The van der Waals surface area contributed by atoms with Gasteiger partial charge in [0, 0.05) is 36.4 Å². The third-order valence-corrected chi connectivity index (χ3v) is 7.39.